The van der Waals surface area contributed by atoms with Crippen molar-refractivity contribution in [2.45, 2.75) is 90.6 Å². The number of likely N-dealkylation sites (tertiary alicyclic amines) is 1. The molecule has 2 heterocycles. The summed E-state index contributed by atoms with van der Waals surface area (Å²) in [5, 5.41) is 0. The summed E-state index contributed by atoms with van der Waals surface area (Å²) in [5.74, 6) is -0.228. The van der Waals surface area contributed by atoms with Crippen LogP contribution in [0, 0.1) is 5.92 Å². The molecule has 0 N–H and O–H groups in total. The van der Waals surface area contributed by atoms with E-state index in [2.05, 4.69) is 0 Å². The first-order valence-corrected chi connectivity index (χ1v) is 8.59. The SMILES string of the molecule is CC(C)(C)OC(=O)N1CCCCC1C1C(=O)C(C)(C)OC1(C)C. The Kier molecular flexibility index (Phi) is 4.57. The number of carbonyl (C=O) groups excluding carboxylic acids is 2. The van der Waals surface area contributed by atoms with Crippen molar-refractivity contribution in [2.24, 2.45) is 5.92 Å². The molecule has 2 unspecified atom stereocenters. The monoisotopic (exact) mass is 325 g/mol. The van der Waals surface area contributed by atoms with E-state index >= 15 is 0 Å². The van der Waals surface area contributed by atoms with Crippen LogP contribution in [-0.4, -0.2) is 46.2 Å². The van der Waals surface area contributed by atoms with Crippen LogP contribution in [0.2, 0.25) is 0 Å². The molecule has 132 valence electrons. The smallest absolute Gasteiger partial charge is 0.410 e. The average Bonchev–Trinajstić information content (AvgIpc) is 2.51. The third kappa shape index (κ3) is 3.70. The van der Waals surface area contributed by atoms with Gasteiger partial charge < -0.3 is 14.4 Å². The second-order valence-corrected chi connectivity index (χ2v) is 8.79. The topological polar surface area (TPSA) is 55.8 Å². The van der Waals surface area contributed by atoms with Crippen molar-refractivity contribution < 1.29 is 19.1 Å². The lowest BCUT2D eigenvalue weighted by atomic mass is 9.77. The molecule has 2 atom stereocenters. The molecule has 2 fully saturated rings. The Labute approximate surface area is 139 Å². The van der Waals surface area contributed by atoms with E-state index in [0.29, 0.717) is 6.54 Å². The molecule has 0 aromatic rings. The van der Waals surface area contributed by atoms with E-state index in [1.165, 1.54) is 0 Å². The Morgan fingerprint density at radius 2 is 1.83 bits per heavy atom. The maximum Gasteiger partial charge on any atom is 0.410 e. The molecule has 5 nitrogen and oxygen atoms in total. The first-order valence-electron chi connectivity index (χ1n) is 8.59. The van der Waals surface area contributed by atoms with Crippen LogP contribution < -0.4 is 0 Å². The van der Waals surface area contributed by atoms with E-state index < -0.39 is 16.8 Å². The normalized spacial score (nSPS) is 30.4. The number of Topliss-reactive ketones (excluding diaryl/α,β-unsaturated/α-hetero) is 1. The lowest BCUT2D eigenvalue weighted by Gasteiger charge is -2.42. The summed E-state index contributed by atoms with van der Waals surface area (Å²) in [5.41, 5.74) is -1.92. The Hall–Kier alpha value is -1.10. The minimum Gasteiger partial charge on any atom is -0.444 e. The van der Waals surface area contributed by atoms with Crippen molar-refractivity contribution in [3.63, 3.8) is 0 Å². The molecule has 2 saturated heterocycles. The van der Waals surface area contributed by atoms with Crippen LogP contribution in [-0.2, 0) is 14.3 Å². The van der Waals surface area contributed by atoms with Crippen molar-refractivity contribution in [1.29, 1.82) is 0 Å². The van der Waals surface area contributed by atoms with Crippen LogP contribution in [0.5, 0.6) is 0 Å². The number of nitrogens with zero attached hydrogens (tertiary/aromatic N) is 1. The zero-order valence-electron chi connectivity index (χ0n) is 15.6. The Bertz CT molecular complexity index is 490. The number of ketones is 1. The van der Waals surface area contributed by atoms with Crippen LogP contribution in [0.15, 0.2) is 0 Å². The number of piperidine rings is 1. The summed E-state index contributed by atoms with van der Waals surface area (Å²) in [4.78, 5) is 27.3. The fraction of sp³-hybridized carbons (Fsp3) is 0.889. The highest BCUT2D eigenvalue weighted by Crippen LogP contribution is 2.44. The van der Waals surface area contributed by atoms with Crippen LogP contribution in [0.4, 0.5) is 4.79 Å². The molecule has 0 aromatic carbocycles. The van der Waals surface area contributed by atoms with Crippen molar-refractivity contribution in [3.8, 4) is 0 Å². The molecule has 2 rings (SSSR count). The molecule has 0 saturated carbocycles. The summed E-state index contributed by atoms with van der Waals surface area (Å²) < 4.78 is 11.6. The highest BCUT2D eigenvalue weighted by molar-refractivity contribution is 5.92. The van der Waals surface area contributed by atoms with Gasteiger partial charge >= 0.3 is 6.09 Å². The third-order valence-electron chi connectivity index (χ3n) is 4.71. The molecule has 2 aliphatic heterocycles. The van der Waals surface area contributed by atoms with Crippen molar-refractivity contribution >= 4 is 11.9 Å². The minimum atomic E-state index is -0.800. The van der Waals surface area contributed by atoms with E-state index in [-0.39, 0.29) is 23.8 Å². The van der Waals surface area contributed by atoms with Gasteiger partial charge in [-0.2, -0.15) is 0 Å². The quantitative estimate of drug-likeness (QED) is 0.740. The highest BCUT2D eigenvalue weighted by atomic mass is 16.6. The molecule has 0 bridgehead atoms. The van der Waals surface area contributed by atoms with Crippen LogP contribution >= 0.6 is 0 Å². The van der Waals surface area contributed by atoms with E-state index in [0.717, 1.165) is 19.3 Å². The summed E-state index contributed by atoms with van der Waals surface area (Å²) in [6, 6.07) is -0.150. The zero-order chi connectivity index (χ0) is 17.6. The van der Waals surface area contributed by atoms with Crippen LogP contribution in [0.3, 0.4) is 0 Å². The van der Waals surface area contributed by atoms with Gasteiger partial charge in [0.15, 0.2) is 5.78 Å². The minimum absolute atomic E-state index is 0.0861. The van der Waals surface area contributed by atoms with Gasteiger partial charge in [0.05, 0.1) is 11.5 Å². The summed E-state index contributed by atoms with van der Waals surface area (Å²) in [7, 11) is 0. The van der Waals surface area contributed by atoms with Crippen molar-refractivity contribution in [3.05, 3.63) is 0 Å². The number of hydrogen-bond acceptors (Lipinski definition) is 4. The molecule has 23 heavy (non-hydrogen) atoms. The van der Waals surface area contributed by atoms with Crippen LogP contribution in [0.1, 0.15) is 67.7 Å². The molecular weight excluding hydrogens is 294 g/mol. The Morgan fingerprint density at radius 3 is 2.30 bits per heavy atom. The van der Waals surface area contributed by atoms with E-state index in [4.69, 9.17) is 9.47 Å². The predicted molar refractivity (Wildman–Crippen MR) is 88.3 cm³/mol. The second-order valence-electron chi connectivity index (χ2n) is 8.79. The average molecular weight is 325 g/mol. The highest BCUT2D eigenvalue weighted by Gasteiger charge is 2.57. The van der Waals surface area contributed by atoms with Gasteiger partial charge in [0.1, 0.15) is 11.2 Å². The Morgan fingerprint density at radius 1 is 1.22 bits per heavy atom. The first kappa shape index (κ1) is 18.2. The van der Waals surface area contributed by atoms with Crippen molar-refractivity contribution in [1.82, 2.24) is 4.90 Å². The standard InChI is InChI=1S/C18H31NO4/c1-16(2,3)22-15(21)19-11-9-8-10-12(19)13-14(20)18(6,7)23-17(13,4)5/h12-13H,8-11H2,1-7H3. The molecule has 0 aliphatic carbocycles. The van der Waals surface area contributed by atoms with Gasteiger partial charge in [-0.15, -0.1) is 0 Å². The van der Waals surface area contributed by atoms with Crippen molar-refractivity contribution in [2.75, 3.05) is 6.54 Å². The molecule has 2 aliphatic rings. The fourth-order valence-electron chi connectivity index (χ4n) is 3.95. The first-order chi connectivity index (χ1) is 10.4. The van der Waals surface area contributed by atoms with E-state index in [9.17, 15) is 9.59 Å². The third-order valence-corrected chi connectivity index (χ3v) is 4.71. The Balaban J connectivity index is 2.28. The molecule has 0 aromatic heterocycles. The van der Waals surface area contributed by atoms with Gasteiger partial charge in [-0.25, -0.2) is 4.79 Å². The summed E-state index contributed by atoms with van der Waals surface area (Å²) in [6.45, 7) is 13.8. The van der Waals surface area contributed by atoms with Gasteiger partial charge in [0.2, 0.25) is 0 Å². The van der Waals surface area contributed by atoms with E-state index in [1.54, 1.807) is 4.90 Å². The summed E-state index contributed by atoms with van der Waals surface area (Å²) >= 11 is 0. The maximum atomic E-state index is 12.9. The molecule has 0 radical (unpaired) electrons. The van der Waals surface area contributed by atoms with Gasteiger partial charge in [-0.1, -0.05) is 0 Å². The lowest BCUT2D eigenvalue weighted by Crippen LogP contribution is -2.54. The molecular formula is C18H31NO4. The second kappa shape index (κ2) is 5.76. The maximum absolute atomic E-state index is 12.9. The fourth-order valence-corrected chi connectivity index (χ4v) is 3.95. The summed E-state index contributed by atoms with van der Waals surface area (Å²) in [6.07, 6.45) is 2.46. The van der Waals surface area contributed by atoms with Gasteiger partial charge in [0.25, 0.3) is 0 Å². The molecule has 5 heteroatoms. The largest absolute Gasteiger partial charge is 0.444 e. The van der Waals surface area contributed by atoms with Gasteiger partial charge in [-0.3, -0.25) is 4.79 Å². The zero-order valence-corrected chi connectivity index (χ0v) is 15.6. The predicted octanol–water partition coefficient (Wildman–Crippen LogP) is 3.55. The number of carbonyl (C=O) groups is 2. The number of ether oxygens (including phenoxy) is 2. The van der Waals surface area contributed by atoms with Crippen LogP contribution in [0.25, 0.3) is 0 Å². The number of hydrogen-bond donors (Lipinski definition) is 0. The van der Waals surface area contributed by atoms with Gasteiger partial charge in [0, 0.05) is 12.6 Å². The number of rotatable bonds is 1. The molecule has 1 amide bonds. The van der Waals surface area contributed by atoms with E-state index in [1.807, 2.05) is 48.5 Å². The van der Waals surface area contributed by atoms with Gasteiger partial charge in [-0.05, 0) is 67.7 Å². The number of amides is 1. The molecule has 0 spiro atoms. The lowest BCUT2D eigenvalue weighted by molar-refractivity contribution is -0.132.